The van der Waals surface area contributed by atoms with E-state index >= 15 is 0 Å². The normalized spacial score (nSPS) is 23.6. The molecular formula is C54H69BN2S. The van der Waals surface area contributed by atoms with Gasteiger partial charge in [-0.05, 0) is 151 Å². The Morgan fingerprint density at radius 3 is 1.83 bits per heavy atom. The maximum atomic E-state index is 2.80. The summed E-state index contributed by atoms with van der Waals surface area (Å²) in [5.41, 5.74) is 20.6. The van der Waals surface area contributed by atoms with Gasteiger partial charge in [-0.2, -0.15) is 0 Å². The molecule has 2 aliphatic carbocycles. The fourth-order valence-electron chi connectivity index (χ4n) is 11.7. The van der Waals surface area contributed by atoms with Gasteiger partial charge >= 0.3 is 0 Å². The van der Waals surface area contributed by atoms with E-state index in [1.807, 2.05) is 0 Å². The van der Waals surface area contributed by atoms with Crippen molar-refractivity contribution in [1.29, 1.82) is 0 Å². The number of hydrogen-bond acceptors (Lipinski definition) is 3. The van der Waals surface area contributed by atoms with Gasteiger partial charge in [0.2, 0.25) is 0 Å². The molecule has 1 saturated carbocycles. The maximum absolute atomic E-state index is 2.80. The van der Waals surface area contributed by atoms with Gasteiger partial charge in [-0.15, -0.1) is 11.8 Å². The van der Waals surface area contributed by atoms with Crippen LogP contribution in [0.1, 0.15) is 156 Å². The Kier molecular flexibility index (Phi) is 8.70. The van der Waals surface area contributed by atoms with E-state index in [2.05, 4.69) is 199 Å². The lowest BCUT2D eigenvalue weighted by atomic mass is 9.35. The zero-order chi connectivity index (χ0) is 41.9. The Balaban J connectivity index is 1.41. The number of anilines is 5. The van der Waals surface area contributed by atoms with E-state index in [0.29, 0.717) is 11.2 Å². The molecule has 0 amide bonds. The van der Waals surface area contributed by atoms with Gasteiger partial charge in [0.15, 0.2) is 0 Å². The number of allylic oxidation sites excluding steroid dienone is 1. The summed E-state index contributed by atoms with van der Waals surface area (Å²) < 4.78 is 0. The number of aryl methyl sites for hydroxylation is 2. The molecule has 0 radical (unpaired) electrons. The Morgan fingerprint density at radius 2 is 1.21 bits per heavy atom. The third kappa shape index (κ3) is 5.87. The molecule has 0 spiro atoms. The molecule has 4 aromatic carbocycles. The highest BCUT2D eigenvalue weighted by Gasteiger charge is 2.60. The minimum atomic E-state index is 0.0363. The van der Waals surface area contributed by atoms with Gasteiger partial charge in [-0.1, -0.05) is 133 Å². The number of hydrogen-bond donors (Lipinski definition) is 0. The summed E-state index contributed by atoms with van der Waals surface area (Å²) >= 11 is 2.26. The molecule has 1 fully saturated rings. The van der Waals surface area contributed by atoms with Crippen LogP contribution in [-0.2, 0) is 21.7 Å². The number of benzene rings is 4. The summed E-state index contributed by atoms with van der Waals surface area (Å²) in [4.78, 5) is 7.13. The van der Waals surface area contributed by atoms with Crippen LogP contribution in [0.15, 0.2) is 77.2 Å². The predicted octanol–water partition coefficient (Wildman–Crippen LogP) is 14.1. The Labute approximate surface area is 356 Å². The molecule has 3 aliphatic heterocycles. The summed E-state index contributed by atoms with van der Waals surface area (Å²) in [5, 5.41) is 0.510. The van der Waals surface area contributed by atoms with E-state index < -0.39 is 0 Å². The highest BCUT2D eigenvalue weighted by Crippen LogP contribution is 2.66. The molecule has 0 bridgehead atoms. The van der Waals surface area contributed by atoms with Gasteiger partial charge in [0.05, 0.1) is 0 Å². The molecule has 2 atom stereocenters. The van der Waals surface area contributed by atoms with E-state index in [1.165, 1.54) is 92.9 Å². The second-order valence-electron chi connectivity index (χ2n) is 23.8. The van der Waals surface area contributed by atoms with Crippen LogP contribution in [0, 0.1) is 30.6 Å². The van der Waals surface area contributed by atoms with Gasteiger partial charge in [0, 0.05) is 45.3 Å². The molecule has 0 saturated heterocycles. The first-order valence-corrected chi connectivity index (χ1v) is 23.3. The zero-order valence-electron chi connectivity index (χ0n) is 38.7. The van der Waals surface area contributed by atoms with Crippen molar-refractivity contribution >= 4 is 57.8 Å². The van der Waals surface area contributed by atoms with E-state index in [9.17, 15) is 0 Å². The van der Waals surface area contributed by atoms with Gasteiger partial charge in [0.1, 0.15) is 0 Å². The van der Waals surface area contributed by atoms with Crippen LogP contribution in [0.4, 0.5) is 28.4 Å². The molecule has 2 unspecified atom stereocenters. The third-order valence-corrected chi connectivity index (χ3v) is 17.4. The fraction of sp³-hybridized carbons (Fsp3) is 0.519. The molecule has 3 heterocycles. The topological polar surface area (TPSA) is 6.48 Å². The van der Waals surface area contributed by atoms with E-state index in [0.717, 1.165) is 0 Å². The monoisotopic (exact) mass is 789 g/mol. The highest BCUT2D eigenvalue weighted by atomic mass is 32.2. The molecule has 304 valence electrons. The number of thioether (sulfide) groups is 1. The van der Waals surface area contributed by atoms with Crippen molar-refractivity contribution in [3.05, 3.63) is 111 Å². The fourth-order valence-corrected chi connectivity index (χ4v) is 13.8. The largest absolute Gasteiger partial charge is 0.314 e. The van der Waals surface area contributed by atoms with Gasteiger partial charge in [0.25, 0.3) is 6.71 Å². The van der Waals surface area contributed by atoms with E-state index in [-0.39, 0.29) is 39.2 Å². The van der Waals surface area contributed by atoms with Crippen LogP contribution in [0.25, 0.3) is 0 Å². The average Bonchev–Trinajstić information content (AvgIpc) is 3.54. The molecule has 4 aromatic rings. The summed E-state index contributed by atoms with van der Waals surface area (Å²) in [5.74, 6) is 0.439. The lowest BCUT2D eigenvalue weighted by Gasteiger charge is -2.52. The second-order valence-corrected chi connectivity index (χ2v) is 25.0. The van der Waals surface area contributed by atoms with E-state index in [1.54, 1.807) is 16.1 Å². The van der Waals surface area contributed by atoms with Crippen molar-refractivity contribution in [2.45, 2.75) is 163 Å². The molecule has 0 N–H and O–H groups in total. The van der Waals surface area contributed by atoms with Crippen molar-refractivity contribution in [3.8, 4) is 0 Å². The Hall–Kier alpha value is -3.37. The summed E-state index contributed by atoms with van der Waals surface area (Å²) in [6, 6.07) is 27.2. The van der Waals surface area contributed by atoms with Crippen LogP contribution in [0.3, 0.4) is 0 Å². The molecule has 9 rings (SSSR count). The smallest absolute Gasteiger partial charge is 0.259 e. The summed E-state index contributed by atoms with van der Waals surface area (Å²) in [6.45, 7) is 39.2. The van der Waals surface area contributed by atoms with Crippen molar-refractivity contribution in [2.24, 2.45) is 16.7 Å². The molecular weight excluding hydrogens is 719 g/mol. The zero-order valence-corrected chi connectivity index (χ0v) is 39.5. The summed E-state index contributed by atoms with van der Waals surface area (Å²) in [7, 11) is 0. The van der Waals surface area contributed by atoms with Crippen LogP contribution in [0.2, 0.25) is 0 Å². The lowest BCUT2D eigenvalue weighted by Crippen LogP contribution is -2.57. The van der Waals surface area contributed by atoms with Gasteiger partial charge in [-0.25, -0.2) is 0 Å². The first-order chi connectivity index (χ1) is 26.8. The minimum absolute atomic E-state index is 0.0363. The Morgan fingerprint density at radius 1 is 0.621 bits per heavy atom. The molecule has 0 aromatic heterocycles. The first-order valence-electron chi connectivity index (χ1n) is 22.4. The predicted molar refractivity (Wildman–Crippen MR) is 256 cm³/mol. The lowest BCUT2D eigenvalue weighted by molar-refractivity contribution is 0.0881. The standard InChI is InChI=1S/C54H69BN2S/c1-32-29-40-44-41(30-32)57(39-24-19-35(31-33(39)2)50(6,7)8)46-43-47(54(15,16)28-27-53(43,13)14)58-48(46)55(44)38-23-22-37-42(52(11,12)26-25-51(37,9)10)45(38)56(40)36-20-17-34(18-21-36)49(3,4)5/h17-24,29-31,43,47H,25-28H2,1-16H3. The quantitative estimate of drug-likeness (QED) is 0.187. The molecule has 2 nitrogen and oxygen atoms in total. The van der Waals surface area contributed by atoms with E-state index in [4.69, 9.17) is 0 Å². The SMILES string of the molecule is Cc1cc2c3c(c1)N(c1ccc(C(C)(C)C)cc1)c1c(ccc4c1C(C)(C)CCC4(C)C)B3C1=C(C3C(S1)C(C)(C)CCC3(C)C)N2c1ccc(C(C)(C)C)cc1C. The maximum Gasteiger partial charge on any atom is 0.259 e. The summed E-state index contributed by atoms with van der Waals surface area (Å²) in [6.07, 6.45) is 4.90. The molecule has 5 aliphatic rings. The minimum Gasteiger partial charge on any atom is -0.314 e. The van der Waals surface area contributed by atoms with Crippen LogP contribution >= 0.6 is 11.8 Å². The van der Waals surface area contributed by atoms with Crippen LogP contribution < -0.4 is 20.7 Å². The van der Waals surface area contributed by atoms with Crippen molar-refractivity contribution < 1.29 is 0 Å². The Bertz CT molecular complexity index is 2390. The van der Waals surface area contributed by atoms with Crippen molar-refractivity contribution in [3.63, 3.8) is 0 Å². The average molecular weight is 789 g/mol. The first kappa shape index (κ1) is 40.1. The third-order valence-electron chi connectivity index (χ3n) is 15.5. The second kappa shape index (κ2) is 12.6. The number of nitrogens with zero attached hydrogens (tertiary/aromatic N) is 2. The van der Waals surface area contributed by atoms with Crippen LogP contribution in [0.5, 0.6) is 0 Å². The van der Waals surface area contributed by atoms with Crippen LogP contribution in [-0.4, -0.2) is 12.0 Å². The van der Waals surface area contributed by atoms with Crippen molar-refractivity contribution in [1.82, 2.24) is 0 Å². The molecule has 58 heavy (non-hydrogen) atoms. The van der Waals surface area contributed by atoms with Gasteiger partial charge in [-0.3, -0.25) is 0 Å². The molecule has 4 heteroatoms. The number of rotatable bonds is 2. The number of fused-ring (bicyclic) bond motifs is 7. The highest BCUT2D eigenvalue weighted by molar-refractivity contribution is 8.06. The van der Waals surface area contributed by atoms with Gasteiger partial charge < -0.3 is 9.80 Å². The van der Waals surface area contributed by atoms with Crippen molar-refractivity contribution in [2.75, 3.05) is 9.80 Å².